The molecule has 6 radical (unpaired) electrons. The molecule has 0 N–H and O–H groups in total. The summed E-state index contributed by atoms with van der Waals surface area (Å²) in [4.78, 5) is 0. The van der Waals surface area contributed by atoms with Gasteiger partial charge in [0.05, 0.1) is 21.3 Å². The predicted octanol–water partition coefficient (Wildman–Crippen LogP) is 21.6. The predicted molar refractivity (Wildman–Crippen MR) is 359 cm³/mol. The monoisotopic (exact) mass is 1080 g/mol. The zero-order valence-electron chi connectivity index (χ0n) is 53.9. The van der Waals surface area contributed by atoms with Crippen LogP contribution in [0, 0.1) is 0 Å². The minimum Gasteiger partial charge on any atom is -0.497 e. The van der Waals surface area contributed by atoms with Gasteiger partial charge >= 0.3 is 0 Å². The molecular formula is C71H112B2O6. The van der Waals surface area contributed by atoms with E-state index < -0.39 is 0 Å². The smallest absolute Gasteiger partial charge is 0.127 e. The van der Waals surface area contributed by atoms with Gasteiger partial charge in [-0.3, -0.25) is 0 Å². The number of methoxy groups -OCH3 is 5. The van der Waals surface area contributed by atoms with Crippen LogP contribution >= 0.6 is 0 Å². The normalized spacial score (nSPS) is 7.08. The van der Waals surface area contributed by atoms with E-state index in [9.17, 15) is 0 Å². The van der Waals surface area contributed by atoms with Crippen LogP contribution in [0.3, 0.4) is 0 Å². The fourth-order valence-electron chi connectivity index (χ4n) is 3.94. The molecule has 79 heavy (non-hydrogen) atoms. The average molecular weight is 1080 g/mol. The zero-order chi connectivity index (χ0) is 60.5. The molecule has 8 rings (SSSR count). The van der Waals surface area contributed by atoms with E-state index in [2.05, 4.69) is 9.47 Å². The number of hydrogen-bond acceptors (Lipinski definition) is 6. The van der Waals surface area contributed by atoms with Gasteiger partial charge in [0, 0.05) is 45.3 Å². The third-order valence-electron chi connectivity index (χ3n) is 6.66. The second-order valence-electron chi connectivity index (χ2n) is 11.6. The van der Waals surface area contributed by atoms with Gasteiger partial charge in [-0.1, -0.05) is 311 Å². The highest BCUT2D eigenvalue weighted by Crippen LogP contribution is 2.19. The molecule has 0 aromatic heterocycles. The zero-order valence-corrected chi connectivity index (χ0v) is 53.9. The lowest BCUT2D eigenvalue weighted by Gasteiger charge is -2.03. The van der Waals surface area contributed by atoms with Crippen LogP contribution in [0.25, 0.3) is 0 Å². The van der Waals surface area contributed by atoms with Crippen molar-refractivity contribution in [1.29, 1.82) is 0 Å². The van der Waals surface area contributed by atoms with Crippen molar-refractivity contribution in [2.75, 3.05) is 49.8 Å². The first-order chi connectivity index (χ1) is 38.1. The van der Waals surface area contributed by atoms with E-state index in [1.54, 1.807) is 49.8 Å². The molecular weight excluding hydrogens is 970 g/mol. The maximum atomic E-state index is 5.58. The van der Waals surface area contributed by atoms with E-state index in [0.717, 1.165) is 28.7 Å². The molecule has 0 bridgehead atoms. The van der Waals surface area contributed by atoms with Gasteiger partial charge < -0.3 is 28.4 Å². The number of ether oxygens (including phenoxy) is 6. The van der Waals surface area contributed by atoms with Crippen LogP contribution in [-0.4, -0.2) is 66.6 Å². The molecule has 0 amide bonds. The van der Waals surface area contributed by atoms with E-state index in [4.69, 9.17) is 18.9 Å². The van der Waals surface area contributed by atoms with Crippen molar-refractivity contribution >= 4 is 16.8 Å². The number of benzene rings is 8. The minimum atomic E-state index is 0. The highest BCUT2D eigenvalue weighted by molar-refractivity contribution is 5.76. The van der Waals surface area contributed by atoms with Crippen molar-refractivity contribution in [2.24, 2.45) is 0 Å². The van der Waals surface area contributed by atoms with E-state index >= 15 is 0 Å². The summed E-state index contributed by atoms with van der Waals surface area (Å²) in [6, 6.07) is 84.6. The maximum absolute atomic E-state index is 5.58. The second kappa shape index (κ2) is 107. The lowest BCUT2D eigenvalue weighted by Crippen LogP contribution is -1.81. The lowest BCUT2D eigenvalue weighted by atomic mass is 10.3. The van der Waals surface area contributed by atoms with E-state index in [1.165, 1.54) is 0 Å². The van der Waals surface area contributed by atoms with Crippen molar-refractivity contribution < 1.29 is 28.4 Å². The van der Waals surface area contributed by atoms with Crippen molar-refractivity contribution in [3.8, 4) is 28.7 Å². The minimum absolute atomic E-state index is 0. The molecule has 0 aliphatic carbocycles. The Kier molecular flexibility index (Phi) is 132. The molecule has 0 spiro atoms. The first-order valence-corrected chi connectivity index (χ1v) is 27.4. The molecule has 0 aliphatic heterocycles. The van der Waals surface area contributed by atoms with Gasteiger partial charge in [0.1, 0.15) is 28.7 Å². The van der Waals surface area contributed by atoms with Gasteiger partial charge in [0.2, 0.25) is 0 Å². The SMILES string of the molecule is CC.CC.CC.CC.CC.CC.CC.CC.COC.COC.COc1ccccc1.COc1ccccc1.COc1ccccc1.[B].[B].c1ccc(Oc2ccccc2)cc1.c1ccccc1.c1ccccc1.c1ccccc1. The van der Waals surface area contributed by atoms with Crippen molar-refractivity contribution in [3.05, 3.63) is 261 Å². The van der Waals surface area contributed by atoms with Gasteiger partial charge in [-0.05, 0) is 60.7 Å². The van der Waals surface area contributed by atoms with Crippen LogP contribution in [0.15, 0.2) is 261 Å². The van der Waals surface area contributed by atoms with Crippen LogP contribution in [0.2, 0.25) is 0 Å². The number of para-hydroxylation sites is 5. The molecule has 0 fully saturated rings. The van der Waals surface area contributed by atoms with E-state index in [1.807, 2.05) is 372 Å². The standard InChI is InChI=1S/C12H10O.3C7H8O.3C6H6.2C2H6O.8C2H6.2B/c1-3-7-11(8-4-1)13-12-9-5-2-6-10-12;3*1-8-7-5-3-2-4-6-7;3*1-2-4-6-5-3-1;2*1-3-2;8*1-2;;/h1-10H;3*2-6H,1H3;3*1-6H;2*1-2H3;8*1-2H3;;. The fraction of sp³-hybridized carbons (Fsp3) is 0.324. The van der Waals surface area contributed by atoms with Crippen LogP contribution in [-0.2, 0) is 9.47 Å². The Hall–Kier alpha value is -6.99. The summed E-state index contributed by atoms with van der Waals surface area (Å²) >= 11 is 0. The Labute approximate surface area is 493 Å². The van der Waals surface area contributed by atoms with Crippen molar-refractivity contribution in [2.45, 2.75) is 111 Å². The molecule has 6 nitrogen and oxygen atoms in total. The number of rotatable bonds is 5. The average Bonchev–Trinajstić information content (AvgIpc) is 3.56. The Balaban J connectivity index is -0.0000000720. The molecule has 0 saturated carbocycles. The van der Waals surface area contributed by atoms with E-state index in [0.29, 0.717) is 0 Å². The van der Waals surface area contributed by atoms with E-state index in [-0.39, 0.29) is 16.8 Å². The van der Waals surface area contributed by atoms with Gasteiger partial charge in [-0.2, -0.15) is 0 Å². The highest BCUT2D eigenvalue weighted by Gasteiger charge is 1.92. The topological polar surface area (TPSA) is 55.4 Å². The molecule has 8 heteroatoms. The Bertz CT molecular complexity index is 1650. The molecule has 8 aromatic rings. The van der Waals surface area contributed by atoms with Crippen LogP contribution < -0.4 is 18.9 Å². The van der Waals surface area contributed by atoms with Gasteiger partial charge in [0.25, 0.3) is 0 Å². The maximum Gasteiger partial charge on any atom is 0.127 e. The lowest BCUT2D eigenvalue weighted by molar-refractivity contribution is 0.277. The third kappa shape index (κ3) is 90.9. The summed E-state index contributed by atoms with van der Waals surface area (Å²) in [5.41, 5.74) is 0. The summed E-state index contributed by atoms with van der Waals surface area (Å²) in [5, 5.41) is 0. The first-order valence-electron chi connectivity index (χ1n) is 27.4. The van der Waals surface area contributed by atoms with Gasteiger partial charge in [0.15, 0.2) is 0 Å². The summed E-state index contributed by atoms with van der Waals surface area (Å²) in [6.45, 7) is 32.0. The quantitative estimate of drug-likeness (QED) is 0.160. The second-order valence-corrected chi connectivity index (χ2v) is 11.6. The molecule has 0 unspecified atom stereocenters. The molecule has 438 valence electrons. The summed E-state index contributed by atoms with van der Waals surface area (Å²) in [7, 11) is 11.5. The molecule has 0 saturated heterocycles. The van der Waals surface area contributed by atoms with Crippen LogP contribution in [0.4, 0.5) is 0 Å². The third-order valence-corrected chi connectivity index (χ3v) is 6.66. The highest BCUT2D eigenvalue weighted by atomic mass is 16.5. The summed E-state index contributed by atoms with van der Waals surface area (Å²) < 4.78 is 28.8. The number of hydrogen-bond donors (Lipinski definition) is 0. The molecule has 0 atom stereocenters. The van der Waals surface area contributed by atoms with Crippen LogP contribution in [0.5, 0.6) is 28.7 Å². The van der Waals surface area contributed by atoms with Gasteiger partial charge in [-0.25, -0.2) is 0 Å². The van der Waals surface area contributed by atoms with Crippen LogP contribution in [0.1, 0.15) is 111 Å². The van der Waals surface area contributed by atoms with Crippen molar-refractivity contribution in [1.82, 2.24) is 0 Å². The molecule has 0 heterocycles. The van der Waals surface area contributed by atoms with Crippen molar-refractivity contribution in [3.63, 3.8) is 0 Å². The Morgan fingerprint density at radius 3 is 0.342 bits per heavy atom. The fourth-order valence-corrected chi connectivity index (χ4v) is 3.94. The molecule has 0 aliphatic rings. The largest absolute Gasteiger partial charge is 0.497 e. The summed E-state index contributed by atoms with van der Waals surface area (Å²) in [6.07, 6.45) is 0. The Morgan fingerprint density at radius 2 is 0.253 bits per heavy atom. The Morgan fingerprint density at radius 1 is 0.165 bits per heavy atom. The summed E-state index contributed by atoms with van der Waals surface area (Å²) in [5.74, 6) is 4.47. The van der Waals surface area contributed by atoms with Gasteiger partial charge in [-0.15, -0.1) is 0 Å². The molecule has 8 aromatic carbocycles. The first kappa shape index (κ1) is 97.6.